The van der Waals surface area contributed by atoms with Gasteiger partial charge in [-0.05, 0) is 35.9 Å². The molecule has 96 valence electrons. The van der Waals surface area contributed by atoms with E-state index in [4.69, 9.17) is 10.2 Å². The van der Waals surface area contributed by atoms with E-state index in [1.807, 2.05) is 36.4 Å². The third kappa shape index (κ3) is 2.29. The Morgan fingerprint density at radius 1 is 1.21 bits per heavy atom. The van der Waals surface area contributed by atoms with Gasteiger partial charge in [-0.1, -0.05) is 28.1 Å². The molecule has 0 spiro atoms. The number of oxazole rings is 1. The average molecular weight is 319 g/mol. The summed E-state index contributed by atoms with van der Waals surface area (Å²) in [5, 5.41) is 0. The zero-order chi connectivity index (χ0) is 13.4. The minimum Gasteiger partial charge on any atom is -0.408 e. The number of hydrogen-bond acceptors (Lipinski definition) is 3. The summed E-state index contributed by atoms with van der Waals surface area (Å²) in [6.45, 7) is 0.430. The van der Waals surface area contributed by atoms with Gasteiger partial charge in [0.2, 0.25) is 0 Å². The Kier molecular flexibility index (Phi) is 2.91. The Bertz CT molecular complexity index is 784. The normalized spacial score (nSPS) is 11.0. The van der Waals surface area contributed by atoms with Gasteiger partial charge in [-0.15, -0.1) is 0 Å². The average Bonchev–Trinajstić information content (AvgIpc) is 2.65. The molecule has 0 fully saturated rings. The number of nitrogens with zero attached hydrogens (tertiary/aromatic N) is 1. The van der Waals surface area contributed by atoms with Crippen LogP contribution in [0.1, 0.15) is 5.56 Å². The summed E-state index contributed by atoms with van der Waals surface area (Å²) >= 11 is 3.39. The predicted molar refractivity (Wildman–Crippen MR) is 78.1 cm³/mol. The molecular weight excluding hydrogens is 308 g/mol. The first-order valence-corrected chi connectivity index (χ1v) is 6.56. The molecule has 0 radical (unpaired) electrons. The van der Waals surface area contributed by atoms with Crippen molar-refractivity contribution in [3.63, 3.8) is 0 Å². The van der Waals surface area contributed by atoms with Crippen LogP contribution in [0.15, 0.2) is 56.1 Å². The molecule has 5 heteroatoms. The third-order valence-corrected chi connectivity index (χ3v) is 3.35. The van der Waals surface area contributed by atoms with Crippen molar-refractivity contribution in [2.24, 2.45) is 0 Å². The van der Waals surface area contributed by atoms with Crippen molar-refractivity contribution in [1.29, 1.82) is 0 Å². The molecule has 3 rings (SSSR count). The minimum atomic E-state index is -0.361. The molecule has 0 bridgehead atoms. The summed E-state index contributed by atoms with van der Waals surface area (Å²) in [7, 11) is 0. The molecule has 0 unspecified atom stereocenters. The monoisotopic (exact) mass is 318 g/mol. The minimum absolute atomic E-state index is 0.361. The van der Waals surface area contributed by atoms with E-state index < -0.39 is 0 Å². The molecule has 0 saturated heterocycles. The highest BCUT2D eigenvalue weighted by Crippen LogP contribution is 2.19. The number of anilines is 1. The van der Waals surface area contributed by atoms with Gasteiger partial charge in [-0.25, -0.2) is 4.79 Å². The summed E-state index contributed by atoms with van der Waals surface area (Å²) in [6, 6.07) is 13.0. The summed E-state index contributed by atoms with van der Waals surface area (Å²) in [6.07, 6.45) is 0. The van der Waals surface area contributed by atoms with Crippen molar-refractivity contribution >= 4 is 32.7 Å². The van der Waals surface area contributed by atoms with E-state index in [1.54, 1.807) is 10.6 Å². The second kappa shape index (κ2) is 4.59. The van der Waals surface area contributed by atoms with Gasteiger partial charge in [0, 0.05) is 10.2 Å². The Balaban J connectivity index is 2.10. The van der Waals surface area contributed by atoms with Crippen LogP contribution in [-0.4, -0.2) is 4.57 Å². The number of nitrogen functional groups attached to an aromatic ring is 1. The van der Waals surface area contributed by atoms with Crippen molar-refractivity contribution in [3.05, 3.63) is 63.1 Å². The maximum absolute atomic E-state index is 11.9. The second-order valence-electron chi connectivity index (χ2n) is 4.31. The van der Waals surface area contributed by atoms with Crippen molar-refractivity contribution in [2.45, 2.75) is 6.54 Å². The molecule has 1 aromatic heterocycles. The Hall–Kier alpha value is -2.01. The number of halogens is 1. The largest absolute Gasteiger partial charge is 0.420 e. The van der Waals surface area contributed by atoms with Crippen LogP contribution in [0.25, 0.3) is 11.1 Å². The highest BCUT2D eigenvalue weighted by Gasteiger charge is 2.09. The molecule has 0 saturated carbocycles. The maximum atomic E-state index is 11.9. The Labute approximate surface area is 117 Å². The van der Waals surface area contributed by atoms with Gasteiger partial charge in [0.05, 0.1) is 12.1 Å². The molecule has 2 N–H and O–H groups in total. The van der Waals surface area contributed by atoms with Gasteiger partial charge in [-0.3, -0.25) is 4.57 Å². The van der Waals surface area contributed by atoms with Crippen LogP contribution in [0.2, 0.25) is 0 Å². The molecule has 0 aliphatic heterocycles. The van der Waals surface area contributed by atoms with E-state index in [0.717, 1.165) is 15.6 Å². The van der Waals surface area contributed by atoms with Crippen molar-refractivity contribution in [1.82, 2.24) is 4.57 Å². The molecule has 4 nitrogen and oxygen atoms in total. The van der Waals surface area contributed by atoms with Gasteiger partial charge in [0.25, 0.3) is 0 Å². The van der Waals surface area contributed by atoms with Crippen molar-refractivity contribution in [2.75, 3.05) is 5.73 Å². The van der Waals surface area contributed by atoms with Gasteiger partial charge in [-0.2, -0.15) is 0 Å². The lowest BCUT2D eigenvalue weighted by atomic mass is 10.2. The zero-order valence-corrected chi connectivity index (χ0v) is 11.6. The molecule has 0 aliphatic rings. The predicted octanol–water partition coefficient (Wildman–Crippen LogP) is 2.99. The fourth-order valence-corrected chi connectivity index (χ4v) is 2.67. The fourth-order valence-electron chi connectivity index (χ4n) is 2.11. The Morgan fingerprint density at radius 3 is 2.79 bits per heavy atom. The molecule has 3 aromatic rings. The lowest BCUT2D eigenvalue weighted by Gasteiger charge is -2.05. The quantitative estimate of drug-likeness (QED) is 0.739. The van der Waals surface area contributed by atoms with E-state index >= 15 is 0 Å². The van der Waals surface area contributed by atoms with Crippen LogP contribution in [0.4, 0.5) is 5.69 Å². The topological polar surface area (TPSA) is 61.2 Å². The third-order valence-electron chi connectivity index (χ3n) is 2.89. The van der Waals surface area contributed by atoms with Crippen LogP contribution in [0.5, 0.6) is 0 Å². The first-order chi connectivity index (χ1) is 9.13. The Morgan fingerprint density at radius 2 is 2.00 bits per heavy atom. The number of aromatic nitrogens is 1. The van der Waals surface area contributed by atoms with E-state index in [2.05, 4.69) is 15.9 Å². The molecule has 19 heavy (non-hydrogen) atoms. The van der Waals surface area contributed by atoms with Crippen molar-refractivity contribution in [3.8, 4) is 0 Å². The molecule has 1 heterocycles. The number of benzene rings is 2. The molecule has 0 aliphatic carbocycles. The van der Waals surface area contributed by atoms with Gasteiger partial charge in [0.1, 0.15) is 0 Å². The molecule has 0 amide bonds. The van der Waals surface area contributed by atoms with E-state index in [1.165, 1.54) is 0 Å². The standard InChI is InChI=1S/C14H11BrN2O2/c15-10-5-9(6-11(16)7-10)8-17-12-3-1-2-4-13(12)19-14(17)18/h1-7H,8,16H2. The summed E-state index contributed by atoms with van der Waals surface area (Å²) in [5.41, 5.74) is 8.78. The number of hydrogen-bond donors (Lipinski definition) is 1. The SMILES string of the molecule is Nc1cc(Br)cc(Cn2c(=O)oc3ccccc32)c1. The summed E-state index contributed by atoms with van der Waals surface area (Å²) in [4.78, 5) is 11.9. The number of fused-ring (bicyclic) bond motifs is 1. The first kappa shape index (κ1) is 12.0. The van der Waals surface area contributed by atoms with E-state index in [0.29, 0.717) is 17.8 Å². The molecule has 2 aromatic carbocycles. The van der Waals surface area contributed by atoms with Crippen LogP contribution in [-0.2, 0) is 6.54 Å². The first-order valence-electron chi connectivity index (χ1n) is 5.77. The molecular formula is C14H11BrN2O2. The lowest BCUT2D eigenvalue weighted by molar-refractivity contribution is 0.517. The highest BCUT2D eigenvalue weighted by atomic mass is 79.9. The summed E-state index contributed by atoms with van der Waals surface area (Å²) < 4.78 is 7.68. The van der Waals surface area contributed by atoms with E-state index in [9.17, 15) is 4.79 Å². The van der Waals surface area contributed by atoms with Crippen LogP contribution < -0.4 is 11.5 Å². The number of rotatable bonds is 2. The van der Waals surface area contributed by atoms with Crippen LogP contribution in [0, 0.1) is 0 Å². The van der Waals surface area contributed by atoms with Crippen LogP contribution in [0.3, 0.4) is 0 Å². The maximum Gasteiger partial charge on any atom is 0.420 e. The van der Waals surface area contributed by atoms with Gasteiger partial charge in [0.15, 0.2) is 5.58 Å². The smallest absolute Gasteiger partial charge is 0.408 e. The fraction of sp³-hybridized carbons (Fsp3) is 0.0714. The zero-order valence-electron chi connectivity index (χ0n) is 9.97. The van der Waals surface area contributed by atoms with Gasteiger partial charge >= 0.3 is 5.76 Å². The number of nitrogens with two attached hydrogens (primary N) is 1. The lowest BCUT2D eigenvalue weighted by Crippen LogP contribution is -2.14. The second-order valence-corrected chi connectivity index (χ2v) is 5.23. The van der Waals surface area contributed by atoms with Crippen molar-refractivity contribution < 1.29 is 4.42 Å². The summed E-state index contributed by atoms with van der Waals surface area (Å²) in [5.74, 6) is -0.361. The van der Waals surface area contributed by atoms with Gasteiger partial charge < -0.3 is 10.2 Å². The highest BCUT2D eigenvalue weighted by molar-refractivity contribution is 9.10. The number of para-hydroxylation sites is 2. The molecule has 0 atom stereocenters. The van der Waals surface area contributed by atoms with E-state index in [-0.39, 0.29) is 5.76 Å². The van der Waals surface area contributed by atoms with Crippen LogP contribution >= 0.6 is 15.9 Å².